The summed E-state index contributed by atoms with van der Waals surface area (Å²) in [4.78, 5) is 22.1. The number of carbonyl (C=O) groups excluding carboxylic acids is 1. The number of carbonyl (C=O) groups is 1. The number of aromatic nitrogens is 2. The van der Waals surface area contributed by atoms with Gasteiger partial charge in [-0.05, 0) is 12.8 Å². The summed E-state index contributed by atoms with van der Waals surface area (Å²) in [7, 11) is 0. The van der Waals surface area contributed by atoms with Gasteiger partial charge in [0.1, 0.15) is 5.69 Å². The van der Waals surface area contributed by atoms with Gasteiger partial charge in [-0.3, -0.25) is 20.0 Å². The molecule has 0 unspecified atom stereocenters. The fraction of sp³-hybridized carbons (Fsp3) is 0.636. The van der Waals surface area contributed by atoms with Crippen LogP contribution in [0.1, 0.15) is 49.3 Å². The molecule has 0 spiro atoms. The molecule has 2 N–H and O–H groups in total. The van der Waals surface area contributed by atoms with Gasteiger partial charge in [-0.15, -0.1) is 0 Å². The van der Waals surface area contributed by atoms with Crippen molar-refractivity contribution in [3.8, 4) is 0 Å². The van der Waals surface area contributed by atoms with Crippen LogP contribution in [0.3, 0.4) is 0 Å². The predicted octanol–water partition coefficient (Wildman–Crippen LogP) is 1.80. The molecule has 0 atom stereocenters. The number of rotatable bonds is 7. The third-order valence-corrected chi connectivity index (χ3v) is 2.63. The average Bonchev–Trinajstić information content (AvgIpc) is 2.78. The summed E-state index contributed by atoms with van der Waals surface area (Å²) in [5, 5.41) is 19.8. The fourth-order valence-corrected chi connectivity index (χ4v) is 1.63. The summed E-state index contributed by atoms with van der Waals surface area (Å²) in [5.41, 5.74) is 0.0255. The quantitative estimate of drug-likeness (QED) is 0.440. The smallest absolute Gasteiger partial charge is 0.322 e. The maximum absolute atomic E-state index is 11.8. The fourth-order valence-electron chi connectivity index (χ4n) is 1.63. The topological polar surface area (TPSA) is 101 Å². The Bertz CT molecular complexity index is 428. The van der Waals surface area contributed by atoms with E-state index >= 15 is 0 Å². The lowest BCUT2D eigenvalue weighted by Gasteiger charge is -2.01. The van der Waals surface area contributed by atoms with Crippen molar-refractivity contribution in [3.63, 3.8) is 0 Å². The minimum Gasteiger partial charge on any atom is -0.350 e. The lowest BCUT2D eigenvalue weighted by Crippen LogP contribution is -2.25. The van der Waals surface area contributed by atoms with E-state index in [0.717, 1.165) is 19.3 Å². The van der Waals surface area contributed by atoms with Gasteiger partial charge in [0.15, 0.2) is 0 Å². The van der Waals surface area contributed by atoms with Crippen LogP contribution in [0, 0.1) is 10.1 Å². The summed E-state index contributed by atoms with van der Waals surface area (Å²) in [6, 6.07) is 0. The number of nitrogens with zero attached hydrogens (tertiary/aromatic N) is 2. The molecule has 0 saturated carbocycles. The van der Waals surface area contributed by atoms with Crippen molar-refractivity contribution in [1.82, 2.24) is 15.5 Å². The van der Waals surface area contributed by atoms with E-state index in [1.165, 1.54) is 0 Å². The summed E-state index contributed by atoms with van der Waals surface area (Å²) < 4.78 is 0. The number of hydrogen-bond donors (Lipinski definition) is 2. The Morgan fingerprint density at radius 3 is 2.72 bits per heavy atom. The Morgan fingerprint density at radius 1 is 1.44 bits per heavy atom. The third kappa shape index (κ3) is 3.28. The number of unbranched alkanes of at least 4 members (excludes halogenated alkanes) is 2. The molecule has 1 rings (SSSR count). The Balaban J connectivity index is 2.73. The maximum Gasteiger partial charge on any atom is 0.322 e. The summed E-state index contributed by atoms with van der Waals surface area (Å²) in [6.07, 6.45) is 3.37. The maximum atomic E-state index is 11.8. The lowest BCUT2D eigenvalue weighted by molar-refractivity contribution is -0.385. The highest BCUT2D eigenvalue weighted by atomic mass is 16.6. The van der Waals surface area contributed by atoms with E-state index in [0.29, 0.717) is 18.7 Å². The second kappa shape index (κ2) is 6.73. The Kier molecular flexibility index (Phi) is 5.29. The molecular formula is C11H18N4O3. The van der Waals surface area contributed by atoms with Gasteiger partial charge in [-0.1, -0.05) is 26.7 Å². The van der Waals surface area contributed by atoms with Crippen LogP contribution in [0.4, 0.5) is 5.69 Å². The Hall–Kier alpha value is -1.92. The highest BCUT2D eigenvalue weighted by Gasteiger charge is 2.27. The number of hydrogen-bond acceptors (Lipinski definition) is 4. The van der Waals surface area contributed by atoms with Crippen LogP contribution in [0.5, 0.6) is 0 Å². The van der Waals surface area contributed by atoms with E-state index in [-0.39, 0.29) is 11.4 Å². The zero-order valence-corrected chi connectivity index (χ0v) is 10.7. The van der Waals surface area contributed by atoms with E-state index in [2.05, 4.69) is 22.4 Å². The van der Waals surface area contributed by atoms with Gasteiger partial charge in [-0.25, -0.2) is 0 Å². The largest absolute Gasteiger partial charge is 0.350 e. The number of H-pyrrole nitrogens is 1. The number of aryl methyl sites for hydroxylation is 1. The van der Waals surface area contributed by atoms with E-state index in [4.69, 9.17) is 0 Å². The monoisotopic (exact) mass is 254 g/mol. The normalized spacial score (nSPS) is 10.3. The van der Waals surface area contributed by atoms with Gasteiger partial charge in [0.05, 0.1) is 4.92 Å². The first-order valence-electron chi connectivity index (χ1n) is 6.11. The Labute approximate surface area is 105 Å². The average molecular weight is 254 g/mol. The van der Waals surface area contributed by atoms with E-state index in [9.17, 15) is 14.9 Å². The van der Waals surface area contributed by atoms with E-state index < -0.39 is 10.8 Å². The van der Waals surface area contributed by atoms with Crippen LogP contribution >= 0.6 is 0 Å². The molecule has 0 aromatic carbocycles. The second-order valence-corrected chi connectivity index (χ2v) is 3.97. The van der Waals surface area contributed by atoms with Crippen molar-refractivity contribution in [2.75, 3.05) is 6.54 Å². The number of aromatic amines is 1. The first-order valence-corrected chi connectivity index (χ1v) is 6.11. The van der Waals surface area contributed by atoms with Gasteiger partial charge in [0.25, 0.3) is 5.91 Å². The van der Waals surface area contributed by atoms with Crippen LogP contribution < -0.4 is 5.32 Å². The van der Waals surface area contributed by atoms with Crippen LogP contribution in [0.2, 0.25) is 0 Å². The van der Waals surface area contributed by atoms with Crippen molar-refractivity contribution < 1.29 is 9.72 Å². The van der Waals surface area contributed by atoms with Crippen molar-refractivity contribution in [2.45, 2.75) is 39.5 Å². The molecule has 18 heavy (non-hydrogen) atoms. The van der Waals surface area contributed by atoms with Gasteiger partial charge in [0, 0.05) is 6.54 Å². The van der Waals surface area contributed by atoms with Gasteiger partial charge >= 0.3 is 5.69 Å². The number of amides is 1. The molecule has 0 aliphatic carbocycles. The Morgan fingerprint density at radius 2 is 2.17 bits per heavy atom. The predicted molar refractivity (Wildman–Crippen MR) is 66.5 cm³/mol. The SMILES string of the molecule is CCCCCNC(=O)c1n[nH]c(CC)c1[N+](=O)[O-]. The third-order valence-electron chi connectivity index (χ3n) is 2.63. The number of nitro groups is 1. The van der Waals surface area contributed by atoms with Crippen molar-refractivity contribution in [1.29, 1.82) is 0 Å². The molecule has 7 nitrogen and oxygen atoms in total. The van der Waals surface area contributed by atoms with Crippen LogP contribution in [-0.4, -0.2) is 27.6 Å². The minimum atomic E-state index is -0.566. The number of nitrogens with one attached hydrogen (secondary N) is 2. The molecule has 1 aromatic rings. The molecule has 1 aromatic heterocycles. The molecule has 0 aliphatic heterocycles. The summed E-state index contributed by atoms with van der Waals surface area (Å²) >= 11 is 0. The van der Waals surface area contributed by atoms with Crippen LogP contribution in [0.25, 0.3) is 0 Å². The first kappa shape index (κ1) is 14.1. The molecule has 1 amide bonds. The van der Waals surface area contributed by atoms with E-state index in [1.54, 1.807) is 6.92 Å². The molecule has 7 heteroatoms. The van der Waals surface area contributed by atoms with Crippen LogP contribution in [0.15, 0.2) is 0 Å². The first-order chi connectivity index (χ1) is 8.61. The molecule has 0 aliphatic rings. The second-order valence-electron chi connectivity index (χ2n) is 3.97. The molecule has 1 heterocycles. The molecule has 0 saturated heterocycles. The van der Waals surface area contributed by atoms with Crippen molar-refractivity contribution in [3.05, 3.63) is 21.5 Å². The molecule has 0 radical (unpaired) electrons. The molecule has 0 bridgehead atoms. The van der Waals surface area contributed by atoms with Gasteiger partial charge in [-0.2, -0.15) is 5.10 Å². The van der Waals surface area contributed by atoms with Crippen molar-refractivity contribution >= 4 is 11.6 Å². The van der Waals surface area contributed by atoms with E-state index in [1.807, 2.05) is 0 Å². The molecule has 0 fully saturated rings. The minimum absolute atomic E-state index is 0.131. The van der Waals surface area contributed by atoms with Crippen molar-refractivity contribution in [2.24, 2.45) is 0 Å². The standard InChI is InChI=1S/C11H18N4O3/c1-3-5-6-7-12-11(16)9-10(15(17)18)8(4-2)13-14-9/h3-7H2,1-2H3,(H,12,16)(H,13,14). The summed E-state index contributed by atoms with van der Waals surface area (Å²) in [5.74, 6) is -0.492. The van der Waals surface area contributed by atoms with Gasteiger partial charge in [0.2, 0.25) is 5.69 Å². The zero-order chi connectivity index (χ0) is 13.5. The summed E-state index contributed by atoms with van der Waals surface area (Å²) in [6.45, 7) is 4.34. The molecule has 100 valence electrons. The van der Waals surface area contributed by atoms with Gasteiger partial charge < -0.3 is 5.32 Å². The highest BCUT2D eigenvalue weighted by Crippen LogP contribution is 2.21. The lowest BCUT2D eigenvalue weighted by atomic mass is 10.2. The molecular weight excluding hydrogens is 236 g/mol. The zero-order valence-electron chi connectivity index (χ0n) is 10.7. The highest BCUT2D eigenvalue weighted by molar-refractivity contribution is 5.96. The van der Waals surface area contributed by atoms with Crippen LogP contribution in [-0.2, 0) is 6.42 Å².